The van der Waals surface area contributed by atoms with Crippen LogP contribution in [-0.4, -0.2) is 51.6 Å². The molecule has 0 unspecified atom stereocenters. The molecule has 0 fully saturated rings. The summed E-state index contributed by atoms with van der Waals surface area (Å²) in [5.74, 6) is 0.0139. The number of amides is 1. The predicted molar refractivity (Wildman–Crippen MR) is 114 cm³/mol. The van der Waals surface area contributed by atoms with Gasteiger partial charge in [-0.05, 0) is 29.7 Å². The molecule has 0 saturated carbocycles. The fourth-order valence-electron chi connectivity index (χ4n) is 3.60. The Labute approximate surface area is 189 Å². The summed E-state index contributed by atoms with van der Waals surface area (Å²) in [6.45, 7) is 2.01. The second-order valence-electron chi connectivity index (χ2n) is 7.49. The monoisotopic (exact) mass is 460 g/mol. The van der Waals surface area contributed by atoms with Gasteiger partial charge in [0.05, 0.1) is 17.3 Å². The number of aliphatic hydroxyl groups is 1. The smallest absolute Gasteiger partial charge is 0.251 e. The fourth-order valence-corrected chi connectivity index (χ4v) is 3.93. The first kappa shape index (κ1) is 22.2. The number of fused-ring (bicyclic) bond motifs is 1. The van der Waals surface area contributed by atoms with Crippen LogP contribution in [0.4, 0.5) is 4.39 Å². The minimum absolute atomic E-state index is 0.0568. The van der Waals surface area contributed by atoms with E-state index in [-0.39, 0.29) is 18.7 Å². The normalized spacial score (nSPS) is 14.6. The number of nitrogens with one attached hydrogen (secondary N) is 1. The number of hydrogen-bond acceptors (Lipinski definition) is 7. The molecule has 1 aromatic carbocycles. The zero-order valence-electron chi connectivity index (χ0n) is 17.1. The molecule has 0 aliphatic carbocycles. The first-order chi connectivity index (χ1) is 15.5. The summed E-state index contributed by atoms with van der Waals surface area (Å²) in [7, 11) is 0. The molecule has 0 saturated heterocycles. The second kappa shape index (κ2) is 10.1. The number of carbonyl (C=O) groups excluding carboxylic acids is 1. The molecular formula is C22H22ClFN4O4. The maximum Gasteiger partial charge on any atom is 0.251 e. The quantitative estimate of drug-likeness (QED) is 0.498. The van der Waals surface area contributed by atoms with Gasteiger partial charge in [0.15, 0.2) is 12.2 Å². The van der Waals surface area contributed by atoms with Gasteiger partial charge in [-0.15, -0.1) is 0 Å². The molecule has 3 aromatic rings. The van der Waals surface area contributed by atoms with E-state index in [0.29, 0.717) is 42.6 Å². The number of aromatic nitrogens is 2. The number of rotatable bonds is 8. The van der Waals surface area contributed by atoms with Crippen molar-refractivity contribution in [1.29, 1.82) is 0 Å². The van der Waals surface area contributed by atoms with Crippen LogP contribution in [0.2, 0.25) is 5.02 Å². The molecule has 0 radical (unpaired) electrons. The van der Waals surface area contributed by atoms with Crippen LogP contribution in [0.1, 0.15) is 27.2 Å². The van der Waals surface area contributed by atoms with Gasteiger partial charge >= 0.3 is 0 Å². The molecular weight excluding hydrogens is 439 g/mol. The zero-order chi connectivity index (χ0) is 22.5. The Kier molecular flexibility index (Phi) is 6.99. The molecule has 10 heteroatoms. The predicted octanol–water partition coefficient (Wildman–Crippen LogP) is 2.59. The van der Waals surface area contributed by atoms with Crippen molar-refractivity contribution >= 4 is 17.5 Å². The van der Waals surface area contributed by atoms with Gasteiger partial charge in [0.25, 0.3) is 5.91 Å². The van der Waals surface area contributed by atoms with E-state index in [9.17, 15) is 14.3 Å². The highest BCUT2D eigenvalue weighted by Gasteiger charge is 2.23. The molecule has 4 rings (SSSR count). The van der Waals surface area contributed by atoms with Gasteiger partial charge in [0, 0.05) is 44.0 Å². The van der Waals surface area contributed by atoms with Crippen LogP contribution in [0.3, 0.4) is 0 Å². The van der Waals surface area contributed by atoms with Crippen molar-refractivity contribution in [1.82, 2.24) is 20.2 Å². The number of benzene rings is 1. The zero-order valence-corrected chi connectivity index (χ0v) is 17.9. The third kappa shape index (κ3) is 5.42. The van der Waals surface area contributed by atoms with E-state index in [1.807, 2.05) is 12.1 Å². The van der Waals surface area contributed by atoms with E-state index in [4.69, 9.17) is 20.8 Å². The lowest BCUT2D eigenvalue weighted by Crippen LogP contribution is -2.42. The molecule has 1 amide bonds. The molecule has 168 valence electrons. The summed E-state index contributed by atoms with van der Waals surface area (Å²) < 4.78 is 24.1. The van der Waals surface area contributed by atoms with Gasteiger partial charge in [-0.1, -0.05) is 17.7 Å². The number of carbonyl (C=O) groups is 1. The topological polar surface area (TPSA) is 101 Å². The van der Waals surface area contributed by atoms with Crippen molar-refractivity contribution in [3.8, 4) is 5.75 Å². The lowest BCUT2D eigenvalue weighted by molar-refractivity contribution is 0.0841. The van der Waals surface area contributed by atoms with E-state index in [1.54, 1.807) is 6.20 Å². The van der Waals surface area contributed by atoms with E-state index in [1.165, 1.54) is 18.7 Å². The van der Waals surface area contributed by atoms with Crippen molar-refractivity contribution in [2.24, 2.45) is 0 Å². The first-order valence-corrected chi connectivity index (χ1v) is 10.5. The van der Waals surface area contributed by atoms with Gasteiger partial charge in [0.2, 0.25) is 5.95 Å². The number of oxazole rings is 1. The van der Waals surface area contributed by atoms with Gasteiger partial charge in [-0.2, -0.15) is 4.39 Å². The third-order valence-corrected chi connectivity index (χ3v) is 5.60. The Morgan fingerprint density at radius 1 is 1.41 bits per heavy atom. The lowest BCUT2D eigenvalue weighted by Gasteiger charge is -2.31. The van der Waals surface area contributed by atoms with E-state index in [0.717, 1.165) is 17.2 Å². The Morgan fingerprint density at radius 2 is 2.28 bits per heavy atom. The SMILES string of the molecule is O=C(NC[C@H](O)CN1CCc2c(ccc(OCc3cnco3)c2Cl)C1)c1ccnc(F)c1. The number of hydrogen-bond donors (Lipinski definition) is 2. The van der Waals surface area contributed by atoms with Crippen molar-refractivity contribution in [3.63, 3.8) is 0 Å². The Morgan fingerprint density at radius 3 is 3.06 bits per heavy atom. The van der Waals surface area contributed by atoms with Crippen LogP contribution in [-0.2, 0) is 19.6 Å². The maximum atomic E-state index is 13.1. The number of ether oxygens (including phenoxy) is 1. The van der Waals surface area contributed by atoms with Crippen LogP contribution in [0.15, 0.2) is 47.5 Å². The molecule has 0 spiro atoms. The average Bonchev–Trinajstić information content (AvgIpc) is 3.31. The molecule has 1 atom stereocenters. The Hall–Kier alpha value is -3.01. The molecule has 8 nitrogen and oxygen atoms in total. The average molecular weight is 461 g/mol. The minimum atomic E-state index is -0.771. The standard InChI is InChI=1S/C22H22ClFN4O4/c23-21-18-4-6-28(10-15(18)1-2-19(21)31-12-17-9-25-13-32-17)11-16(29)8-27-22(30)14-3-5-26-20(24)7-14/h1-3,5,7,9,13,16,29H,4,6,8,10-12H2,(H,27,30)/t16-/m0/s1. The summed E-state index contributed by atoms with van der Waals surface area (Å²) in [5.41, 5.74) is 2.25. The Balaban J connectivity index is 1.29. The van der Waals surface area contributed by atoms with Crippen LogP contribution in [0.5, 0.6) is 5.75 Å². The summed E-state index contributed by atoms with van der Waals surface area (Å²) in [4.78, 5) is 21.5. The second-order valence-corrected chi connectivity index (χ2v) is 7.87. The number of pyridine rings is 1. The van der Waals surface area contributed by atoms with Gasteiger partial charge in [0.1, 0.15) is 12.4 Å². The van der Waals surface area contributed by atoms with Crippen molar-refractivity contribution in [2.45, 2.75) is 25.7 Å². The largest absolute Gasteiger partial charge is 0.484 e. The number of halogens is 2. The number of aliphatic hydroxyl groups excluding tert-OH is 1. The van der Waals surface area contributed by atoms with Crippen LogP contribution in [0, 0.1) is 5.95 Å². The molecule has 3 heterocycles. The van der Waals surface area contributed by atoms with Crippen LogP contribution >= 0.6 is 11.6 Å². The van der Waals surface area contributed by atoms with Gasteiger partial charge in [-0.3, -0.25) is 9.69 Å². The molecule has 1 aliphatic rings. The van der Waals surface area contributed by atoms with Crippen molar-refractivity contribution in [2.75, 3.05) is 19.6 Å². The van der Waals surface area contributed by atoms with Gasteiger partial charge in [-0.25, -0.2) is 9.97 Å². The highest BCUT2D eigenvalue weighted by Crippen LogP contribution is 2.34. The highest BCUT2D eigenvalue weighted by atomic mass is 35.5. The Bertz CT molecular complexity index is 1080. The highest BCUT2D eigenvalue weighted by molar-refractivity contribution is 6.33. The summed E-state index contributed by atoms with van der Waals surface area (Å²) in [5, 5.41) is 13.6. The van der Waals surface area contributed by atoms with Crippen molar-refractivity contribution in [3.05, 3.63) is 76.5 Å². The van der Waals surface area contributed by atoms with Crippen LogP contribution in [0.25, 0.3) is 0 Å². The summed E-state index contributed by atoms with van der Waals surface area (Å²) in [6.07, 6.45) is 4.10. The summed E-state index contributed by atoms with van der Waals surface area (Å²) >= 11 is 6.56. The molecule has 32 heavy (non-hydrogen) atoms. The molecule has 0 bridgehead atoms. The van der Waals surface area contributed by atoms with E-state index < -0.39 is 18.0 Å². The van der Waals surface area contributed by atoms with E-state index in [2.05, 4.69) is 20.2 Å². The first-order valence-electron chi connectivity index (χ1n) is 10.1. The number of nitrogens with zero attached hydrogens (tertiary/aromatic N) is 3. The lowest BCUT2D eigenvalue weighted by atomic mass is 9.99. The number of β-amino-alcohol motifs (C(OH)–C–C–N with tert-alkyl or cyclic N) is 1. The minimum Gasteiger partial charge on any atom is -0.484 e. The van der Waals surface area contributed by atoms with E-state index >= 15 is 0 Å². The van der Waals surface area contributed by atoms with Crippen molar-refractivity contribution < 1.29 is 23.4 Å². The fraction of sp³-hybridized carbons (Fsp3) is 0.318. The maximum absolute atomic E-state index is 13.1. The third-order valence-electron chi connectivity index (χ3n) is 5.19. The molecule has 2 N–H and O–H groups in total. The van der Waals surface area contributed by atoms with Gasteiger partial charge < -0.3 is 19.6 Å². The molecule has 1 aliphatic heterocycles. The molecule has 2 aromatic heterocycles. The summed E-state index contributed by atoms with van der Waals surface area (Å²) in [6, 6.07) is 6.26. The van der Waals surface area contributed by atoms with Crippen LogP contribution < -0.4 is 10.1 Å².